The Morgan fingerprint density at radius 1 is 1.21 bits per heavy atom. The maximum atomic E-state index is 6.28. The van der Waals surface area contributed by atoms with Crippen LogP contribution in [-0.4, -0.2) is 34.3 Å². The topological polar surface area (TPSA) is 21.1 Å². The normalized spacial score (nSPS) is 19.9. The molecule has 3 rings (SSSR count). The van der Waals surface area contributed by atoms with Crippen molar-refractivity contribution in [1.82, 2.24) is 14.7 Å². The average molecular weight is 276 g/mol. The van der Waals surface area contributed by atoms with E-state index in [1.165, 1.54) is 12.0 Å². The van der Waals surface area contributed by atoms with Gasteiger partial charge in [-0.3, -0.25) is 4.68 Å². The van der Waals surface area contributed by atoms with Crippen molar-refractivity contribution in [2.75, 3.05) is 19.6 Å². The Hall–Kier alpha value is -1.32. The minimum absolute atomic E-state index is 0.575. The number of hydrogen-bond donors (Lipinski definition) is 0. The predicted molar refractivity (Wildman–Crippen MR) is 77.5 cm³/mol. The van der Waals surface area contributed by atoms with Crippen molar-refractivity contribution in [2.45, 2.75) is 18.9 Å². The zero-order chi connectivity index (χ0) is 13.1. The lowest BCUT2D eigenvalue weighted by Crippen LogP contribution is -2.25. The van der Waals surface area contributed by atoms with E-state index < -0.39 is 0 Å². The molecule has 1 aromatic carbocycles. The fourth-order valence-corrected chi connectivity index (χ4v) is 3.06. The molecular formula is C15H18ClN3. The third kappa shape index (κ3) is 2.99. The average Bonchev–Trinajstić information content (AvgIpc) is 3.08. The predicted octanol–water partition coefficient (Wildman–Crippen LogP) is 3.03. The molecule has 2 aromatic rings. The first-order valence-corrected chi connectivity index (χ1v) is 7.15. The van der Waals surface area contributed by atoms with Gasteiger partial charge in [0, 0.05) is 30.5 Å². The Labute approximate surface area is 118 Å². The van der Waals surface area contributed by atoms with Crippen LogP contribution in [0.4, 0.5) is 0 Å². The van der Waals surface area contributed by atoms with Gasteiger partial charge in [0.15, 0.2) is 0 Å². The van der Waals surface area contributed by atoms with Crippen LogP contribution in [0, 0.1) is 0 Å². The van der Waals surface area contributed by atoms with Gasteiger partial charge in [0.1, 0.15) is 0 Å². The molecular weight excluding hydrogens is 258 g/mol. The van der Waals surface area contributed by atoms with Crippen LogP contribution >= 0.6 is 11.6 Å². The minimum Gasteiger partial charge on any atom is -0.301 e. The fourth-order valence-electron chi connectivity index (χ4n) is 2.77. The summed E-state index contributed by atoms with van der Waals surface area (Å²) >= 11 is 6.28. The molecule has 1 aromatic heterocycles. The first-order chi connectivity index (χ1) is 9.33. The lowest BCUT2D eigenvalue weighted by atomic mass is 9.98. The molecule has 0 aliphatic carbocycles. The molecule has 0 spiro atoms. The van der Waals surface area contributed by atoms with Crippen molar-refractivity contribution in [3.63, 3.8) is 0 Å². The molecule has 1 aliphatic rings. The van der Waals surface area contributed by atoms with Crippen molar-refractivity contribution in [1.29, 1.82) is 0 Å². The highest BCUT2D eigenvalue weighted by Crippen LogP contribution is 2.31. The molecule has 19 heavy (non-hydrogen) atoms. The zero-order valence-corrected chi connectivity index (χ0v) is 11.6. The van der Waals surface area contributed by atoms with Gasteiger partial charge in [-0.25, -0.2) is 0 Å². The van der Waals surface area contributed by atoms with Crippen molar-refractivity contribution < 1.29 is 0 Å². The van der Waals surface area contributed by atoms with Gasteiger partial charge in [0.25, 0.3) is 0 Å². The summed E-state index contributed by atoms with van der Waals surface area (Å²) in [5, 5.41) is 5.14. The van der Waals surface area contributed by atoms with Crippen LogP contribution in [0.15, 0.2) is 42.7 Å². The molecule has 100 valence electrons. The maximum Gasteiger partial charge on any atom is 0.0536 e. The largest absolute Gasteiger partial charge is 0.301 e. The second-order valence-corrected chi connectivity index (χ2v) is 5.48. The van der Waals surface area contributed by atoms with E-state index in [9.17, 15) is 0 Å². The van der Waals surface area contributed by atoms with E-state index in [4.69, 9.17) is 11.6 Å². The maximum absolute atomic E-state index is 6.28. The molecule has 1 atom stereocenters. The van der Waals surface area contributed by atoms with E-state index in [2.05, 4.69) is 22.1 Å². The molecule has 0 N–H and O–H groups in total. The summed E-state index contributed by atoms with van der Waals surface area (Å²) in [5.41, 5.74) is 1.30. The first kappa shape index (κ1) is 12.7. The number of rotatable bonds is 4. The molecule has 1 unspecified atom stereocenters. The highest BCUT2D eigenvalue weighted by Gasteiger charge is 2.24. The first-order valence-electron chi connectivity index (χ1n) is 6.77. The molecule has 0 bridgehead atoms. The highest BCUT2D eigenvalue weighted by atomic mass is 35.5. The molecule has 3 nitrogen and oxygen atoms in total. The number of likely N-dealkylation sites (tertiary alicyclic amines) is 1. The van der Waals surface area contributed by atoms with Crippen LogP contribution in [0.3, 0.4) is 0 Å². The van der Waals surface area contributed by atoms with E-state index in [0.29, 0.717) is 5.92 Å². The second-order valence-electron chi connectivity index (χ2n) is 5.08. The number of halogens is 1. The van der Waals surface area contributed by atoms with E-state index in [0.717, 1.165) is 31.2 Å². The van der Waals surface area contributed by atoms with E-state index >= 15 is 0 Å². The number of benzene rings is 1. The van der Waals surface area contributed by atoms with E-state index in [1.807, 2.05) is 35.3 Å². The standard InChI is InChI=1S/C15H18ClN3/c16-15-5-2-1-4-14(15)13-6-9-18(12-13)10-11-19-8-3-7-17-19/h1-5,7-8,13H,6,9-12H2. The van der Waals surface area contributed by atoms with Crippen LogP contribution in [0.1, 0.15) is 17.9 Å². The van der Waals surface area contributed by atoms with Crippen LogP contribution in [0.2, 0.25) is 5.02 Å². The smallest absolute Gasteiger partial charge is 0.0536 e. The summed E-state index contributed by atoms with van der Waals surface area (Å²) in [7, 11) is 0. The Balaban J connectivity index is 1.57. The quantitative estimate of drug-likeness (QED) is 0.855. The summed E-state index contributed by atoms with van der Waals surface area (Å²) in [6.07, 6.45) is 5.04. The molecule has 1 saturated heterocycles. The number of aromatic nitrogens is 2. The van der Waals surface area contributed by atoms with Crippen LogP contribution in [-0.2, 0) is 6.54 Å². The molecule has 2 heterocycles. The van der Waals surface area contributed by atoms with Crippen LogP contribution in [0.5, 0.6) is 0 Å². The summed E-state index contributed by atoms with van der Waals surface area (Å²) in [6, 6.07) is 10.2. The van der Waals surface area contributed by atoms with Crippen molar-refractivity contribution in [3.05, 3.63) is 53.3 Å². The van der Waals surface area contributed by atoms with Gasteiger partial charge in [-0.15, -0.1) is 0 Å². The van der Waals surface area contributed by atoms with Gasteiger partial charge < -0.3 is 4.90 Å². The van der Waals surface area contributed by atoms with Crippen molar-refractivity contribution in [2.24, 2.45) is 0 Å². The number of nitrogens with zero attached hydrogens (tertiary/aromatic N) is 3. The second kappa shape index (κ2) is 5.76. The van der Waals surface area contributed by atoms with Crippen LogP contribution in [0.25, 0.3) is 0 Å². The molecule has 1 fully saturated rings. The Morgan fingerprint density at radius 3 is 2.89 bits per heavy atom. The molecule has 0 amide bonds. The summed E-state index contributed by atoms with van der Waals surface area (Å²) in [6.45, 7) is 4.27. The van der Waals surface area contributed by atoms with Gasteiger partial charge in [0.05, 0.1) is 6.54 Å². The van der Waals surface area contributed by atoms with Gasteiger partial charge in [-0.2, -0.15) is 5.10 Å². The van der Waals surface area contributed by atoms with Crippen LogP contribution < -0.4 is 0 Å². The van der Waals surface area contributed by atoms with Crippen molar-refractivity contribution in [3.8, 4) is 0 Å². The Bertz CT molecular complexity index is 524. The third-order valence-electron chi connectivity index (χ3n) is 3.82. The summed E-state index contributed by atoms with van der Waals surface area (Å²) < 4.78 is 1.99. The third-order valence-corrected chi connectivity index (χ3v) is 4.17. The van der Waals surface area contributed by atoms with E-state index in [1.54, 1.807) is 0 Å². The zero-order valence-electron chi connectivity index (χ0n) is 10.9. The lowest BCUT2D eigenvalue weighted by Gasteiger charge is -2.16. The molecule has 0 radical (unpaired) electrons. The van der Waals surface area contributed by atoms with Gasteiger partial charge in [-0.05, 0) is 36.6 Å². The fraction of sp³-hybridized carbons (Fsp3) is 0.400. The molecule has 1 aliphatic heterocycles. The minimum atomic E-state index is 0.575. The van der Waals surface area contributed by atoms with Gasteiger partial charge >= 0.3 is 0 Å². The highest BCUT2D eigenvalue weighted by molar-refractivity contribution is 6.31. The summed E-state index contributed by atoms with van der Waals surface area (Å²) in [5.74, 6) is 0.575. The van der Waals surface area contributed by atoms with E-state index in [-0.39, 0.29) is 0 Å². The van der Waals surface area contributed by atoms with Gasteiger partial charge in [0.2, 0.25) is 0 Å². The monoisotopic (exact) mass is 275 g/mol. The number of hydrogen-bond acceptors (Lipinski definition) is 2. The Morgan fingerprint density at radius 2 is 2.11 bits per heavy atom. The molecule has 4 heteroatoms. The summed E-state index contributed by atoms with van der Waals surface area (Å²) in [4.78, 5) is 2.50. The Kier molecular flexibility index (Phi) is 3.85. The molecule has 0 saturated carbocycles. The lowest BCUT2D eigenvalue weighted by molar-refractivity contribution is 0.312. The van der Waals surface area contributed by atoms with Gasteiger partial charge in [-0.1, -0.05) is 29.8 Å². The van der Waals surface area contributed by atoms with Crippen molar-refractivity contribution >= 4 is 11.6 Å². The SMILES string of the molecule is Clc1ccccc1C1CCN(CCn2cccn2)C1.